The van der Waals surface area contributed by atoms with Crippen LogP contribution in [0.5, 0.6) is 0 Å². The summed E-state index contributed by atoms with van der Waals surface area (Å²) in [5.41, 5.74) is 0.160. The Morgan fingerprint density at radius 1 is 1.50 bits per heavy atom. The summed E-state index contributed by atoms with van der Waals surface area (Å²) in [6.45, 7) is 2.26. The Kier molecular flexibility index (Phi) is 6.61. The second-order valence-electron chi connectivity index (χ2n) is 5.67. The van der Waals surface area contributed by atoms with Crippen molar-refractivity contribution in [1.29, 1.82) is 0 Å². The Morgan fingerprint density at radius 2 is 2.32 bits per heavy atom. The zero-order chi connectivity index (χ0) is 15.9. The quantitative estimate of drug-likeness (QED) is 0.871. The lowest BCUT2D eigenvalue weighted by Crippen LogP contribution is -2.35. The Labute approximate surface area is 135 Å². The number of hydrogen-bond donors (Lipinski definition) is 1. The van der Waals surface area contributed by atoms with Gasteiger partial charge in [0.05, 0.1) is 11.8 Å². The molecule has 2 rings (SSSR count). The third-order valence-electron chi connectivity index (χ3n) is 3.72. The lowest BCUT2D eigenvalue weighted by atomic mass is 10.1. The molecule has 0 aliphatic carbocycles. The smallest absolute Gasteiger partial charge is 0.225 e. The van der Waals surface area contributed by atoms with E-state index in [4.69, 9.17) is 16.3 Å². The van der Waals surface area contributed by atoms with Gasteiger partial charge in [-0.1, -0.05) is 11.6 Å². The van der Waals surface area contributed by atoms with Gasteiger partial charge in [-0.05, 0) is 44.5 Å². The lowest BCUT2D eigenvalue weighted by Gasteiger charge is -2.27. The highest BCUT2D eigenvalue weighted by Crippen LogP contribution is 2.19. The van der Waals surface area contributed by atoms with Gasteiger partial charge in [-0.25, -0.2) is 4.39 Å². The highest BCUT2D eigenvalue weighted by molar-refractivity contribution is 6.30. The van der Waals surface area contributed by atoms with Crippen LogP contribution < -0.4 is 5.32 Å². The van der Waals surface area contributed by atoms with Crippen molar-refractivity contribution < 1.29 is 13.9 Å². The van der Waals surface area contributed by atoms with Gasteiger partial charge >= 0.3 is 0 Å². The summed E-state index contributed by atoms with van der Waals surface area (Å²) in [6.07, 6.45) is 3.98. The number of likely N-dealkylation sites (N-methyl/N-ethyl adjacent to an activating group) is 1. The molecule has 6 heteroatoms. The molecule has 122 valence electrons. The maximum Gasteiger partial charge on any atom is 0.225 e. The van der Waals surface area contributed by atoms with Gasteiger partial charge in [0.15, 0.2) is 0 Å². The van der Waals surface area contributed by atoms with Crippen LogP contribution in [0.1, 0.15) is 25.7 Å². The fourth-order valence-corrected chi connectivity index (χ4v) is 2.65. The first-order valence-electron chi connectivity index (χ1n) is 7.59. The van der Waals surface area contributed by atoms with Crippen molar-refractivity contribution in [2.75, 3.05) is 32.1 Å². The predicted octanol–water partition coefficient (Wildman–Crippen LogP) is 3.31. The van der Waals surface area contributed by atoms with E-state index in [1.165, 1.54) is 18.6 Å². The second-order valence-corrected chi connectivity index (χ2v) is 6.11. The average Bonchev–Trinajstić information content (AvgIpc) is 2.49. The van der Waals surface area contributed by atoms with E-state index in [9.17, 15) is 9.18 Å². The van der Waals surface area contributed by atoms with Crippen LogP contribution in [-0.4, -0.2) is 43.7 Å². The van der Waals surface area contributed by atoms with Gasteiger partial charge in [0.1, 0.15) is 5.82 Å². The molecular weight excluding hydrogens is 307 g/mol. The van der Waals surface area contributed by atoms with E-state index in [1.54, 1.807) is 6.07 Å². The normalized spacial score (nSPS) is 18.5. The van der Waals surface area contributed by atoms with Crippen molar-refractivity contribution >= 4 is 23.2 Å². The third-order valence-corrected chi connectivity index (χ3v) is 3.95. The molecule has 1 N–H and O–H groups in total. The standard InChI is InChI=1S/C16H22ClFN2O2/c1-20(11-13-4-2-3-9-22-13)8-7-16(21)19-15-6-5-12(17)10-14(15)18/h5-6,10,13H,2-4,7-9,11H2,1H3,(H,19,21). The number of hydrogen-bond acceptors (Lipinski definition) is 3. The fourth-order valence-electron chi connectivity index (χ4n) is 2.49. The van der Waals surface area contributed by atoms with Crippen LogP contribution in [0.3, 0.4) is 0 Å². The van der Waals surface area contributed by atoms with Crippen molar-refractivity contribution in [2.24, 2.45) is 0 Å². The highest BCUT2D eigenvalue weighted by atomic mass is 35.5. The summed E-state index contributed by atoms with van der Waals surface area (Å²) in [4.78, 5) is 14.0. The Balaban J connectivity index is 1.72. The van der Waals surface area contributed by atoms with E-state index >= 15 is 0 Å². The average molecular weight is 329 g/mol. The molecule has 0 saturated carbocycles. The van der Waals surface area contributed by atoms with Crippen LogP contribution in [0.25, 0.3) is 0 Å². The number of nitrogens with one attached hydrogen (secondary N) is 1. The molecule has 0 aromatic heterocycles. The van der Waals surface area contributed by atoms with Gasteiger partial charge in [0, 0.05) is 31.1 Å². The minimum Gasteiger partial charge on any atom is -0.377 e. The number of carbonyl (C=O) groups excluding carboxylic acids is 1. The zero-order valence-corrected chi connectivity index (χ0v) is 13.5. The van der Waals surface area contributed by atoms with E-state index < -0.39 is 5.82 Å². The summed E-state index contributed by atoms with van der Waals surface area (Å²) in [6, 6.07) is 4.20. The van der Waals surface area contributed by atoms with E-state index in [0.29, 0.717) is 18.0 Å². The summed E-state index contributed by atoms with van der Waals surface area (Å²) in [5.74, 6) is -0.734. The molecule has 0 radical (unpaired) electrons. The number of halogens is 2. The van der Waals surface area contributed by atoms with Crippen LogP contribution in [0.4, 0.5) is 10.1 Å². The zero-order valence-electron chi connectivity index (χ0n) is 12.8. The number of carbonyl (C=O) groups is 1. The number of ether oxygens (including phenoxy) is 1. The predicted molar refractivity (Wildman–Crippen MR) is 85.7 cm³/mol. The maximum atomic E-state index is 13.6. The van der Waals surface area contributed by atoms with Crippen LogP contribution in [-0.2, 0) is 9.53 Å². The van der Waals surface area contributed by atoms with Gasteiger partial charge in [-0.2, -0.15) is 0 Å². The van der Waals surface area contributed by atoms with E-state index in [1.807, 2.05) is 7.05 Å². The summed E-state index contributed by atoms with van der Waals surface area (Å²) in [5, 5.41) is 2.87. The van der Waals surface area contributed by atoms with E-state index in [-0.39, 0.29) is 17.7 Å². The van der Waals surface area contributed by atoms with Gasteiger partial charge in [0.25, 0.3) is 0 Å². The molecule has 1 aliphatic rings. The molecule has 1 aromatic carbocycles. The van der Waals surface area contributed by atoms with Crippen molar-refractivity contribution in [1.82, 2.24) is 4.90 Å². The largest absolute Gasteiger partial charge is 0.377 e. The first kappa shape index (κ1) is 17.2. The van der Waals surface area contributed by atoms with Crippen molar-refractivity contribution in [3.63, 3.8) is 0 Å². The van der Waals surface area contributed by atoms with Crippen LogP contribution in [0.2, 0.25) is 5.02 Å². The Morgan fingerprint density at radius 3 is 3.00 bits per heavy atom. The van der Waals surface area contributed by atoms with Crippen LogP contribution in [0.15, 0.2) is 18.2 Å². The molecule has 0 bridgehead atoms. The molecule has 1 fully saturated rings. The summed E-state index contributed by atoms with van der Waals surface area (Å²) in [7, 11) is 1.97. The summed E-state index contributed by atoms with van der Waals surface area (Å²) >= 11 is 5.68. The minimum atomic E-state index is -0.523. The van der Waals surface area contributed by atoms with Gasteiger partial charge in [0.2, 0.25) is 5.91 Å². The highest BCUT2D eigenvalue weighted by Gasteiger charge is 2.16. The molecule has 1 heterocycles. The van der Waals surface area contributed by atoms with Crippen molar-refractivity contribution in [2.45, 2.75) is 31.8 Å². The molecular formula is C16H22ClFN2O2. The fraction of sp³-hybridized carbons (Fsp3) is 0.562. The van der Waals surface area contributed by atoms with Crippen molar-refractivity contribution in [3.8, 4) is 0 Å². The number of rotatable bonds is 6. The van der Waals surface area contributed by atoms with Gasteiger partial charge in [-0.3, -0.25) is 4.79 Å². The van der Waals surface area contributed by atoms with Gasteiger partial charge < -0.3 is 15.0 Å². The molecule has 1 atom stereocenters. The van der Waals surface area contributed by atoms with E-state index in [0.717, 1.165) is 26.0 Å². The number of benzene rings is 1. The SMILES string of the molecule is CN(CCC(=O)Nc1ccc(Cl)cc1F)CC1CCCCO1. The Bertz CT molecular complexity index is 507. The molecule has 0 spiro atoms. The monoisotopic (exact) mass is 328 g/mol. The lowest BCUT2D eigenvalue weighted by molar-refractivity contribution is -0.116. The van der Waals surface area contributed by atoms with Gasteiger partial charge in [-0.15, -0.1) is 0 Å². The maximum absolute atomic E-state index is 13.6. The van der Waals surface area contributed by atoms with Crippen molar-refractivity contribution in [3.05, 3.63) is 29.0 Å². The van der Waals surface area contributed by atoms with Crippen LogP contribution in [0, 0.1) is 5.82 Å². The number of nitrogens with zero attached hydrogens (tertiary/aromatic N) is 1. The Hall–Kier alpha value is -1.17. The minimum absolute atomic E-state index is 0.160. The first-order chi connectivity index (χ1) is 10.5. The molecule has 1 aliphatic heterocycles. The molecule has 1 saturated heterocycles. The third kappa shape index (κ3) is 5.55. The topological polar surface area (TPSA) is 41.6 Å². The molecule has 22 heavy (non-hydrogen) atoms. The van der Waals surface area contributed by atoms with Crippen LogP contribution >= 0.6 is 11.6 Å². The molecule has 1 unspecified atom stereocenters. The van der Waals surface area contributed by atoms with E-state index in [2.05, 4.69) is 10.2 Å². The number of amides is 1. The molecule has 1 aromatic rings. The first-order valence-corrected chi connectivity index (χ1v) is 7.97. The number of anilines is 1. The molecule has 4 nitrogen and oxygen atoms in total. The summed E-state index contributed by atoms with van der Waals surface area (Å²) < 4.78 is 19.3. The molecule has 1 amide bonds. The second kappa shape index (κ2) is 8.46.